The number of primary amides is 1. The Kier molecular flexibility index (Phi) is 5.05. The lowest BCUT2D eigenvalue weighted by molar-refractivity contribution is -0.115. The highest BCUT2D eigenvalue weighted by Gasteiger charge is 2.31. The van der Waals surface area contributed by atoms with Crippen molar-refractivity contribution in [1.29, 1.82) is 0 Å². The Bertz CT molecular complexity index is 993. The predicted molar refractivity (Wildman–Crippen MR) is 101 cm³/mol. The number of aromatic nitrogens is 2. The highest BCUT2D eigenvalue weighted by Crippen LogP contribution is 2.27. The molecule has 27 heavy (non-hydrogen) atoms. The van der Waals surface area contributed by atoms with Gasteiger partial charge in [0.25, 0.3) is 0 Å². The average Bonchev–Trinajstić information content (AvgIpc) is 3.09. The summed E-state index contributed by atoms with van der Waals surface area (Å²) in [7, 11) is -3.01. The van der Waals surface area contributed by atoms with Crippen LogP contribution >= 0.6 is 0 Å². The van der Waals surface area contributed by atoms with Gasteiger partial charge >= 0.3 is 0 Å². The molecular weight excluding hydrogens is 368 g/mol. The molecule has 1 aromatic heterocycles. The van der Waals surface area contributed by atoms with E-state index in [2.05, 4.69) is 10.4 Å². The van der Waals surface area contributed by atoms with E-state index in [1.54, 1.807) is 28.9 Å². The Balaban J connectivity index is 1.72. The average molecular weight is 390 g/mol. The van der Waals surface area contributed by atoms with Gasteiger partial charge in [0, 0.05) is 22.5 Å². The van der Waals surface area contributed by atoms with E-state index >= 15 is 0 Å². The molecule has 9 heteroatoms. The molecule has 0 radical (unpaired) electrons. The summed E-state index contributed by atoms with van der Waals surface area (Å²) in [5.41, 5.74) is 8.46. The van der Waals surface area contributed by atoms with E-state index < -0.39 is 15.7 Å². The molecule has 1 unspecified atom stereocenters. The number of benzene rings is 1. The molecule has 3 N–H and O–H groups in total. The lowest BCUT2D eigenvalue weighted by atomic mass is 10.1. The van der Waals surface area contributed by atoms with Crippen molar-refractivity contribution in [3.63, 3.8) is 0 Å². The first kappa shape index (κ1) is 19.1. The highest BCUT2D eigenvalue weighted by atomic mass is 32.2. The molecule has 1 atom stereocenters. The molecule has 0 spiro atoms. The van der Waals surface area contributed by atoms with Crippen molar-refractivity contribution in [1.82, 2.24) is 9.78 Å². The van der Waals surface area contributed by atoms with Gasteiger partial charge in [0.15, 0.2) is 9.84 Å². The molecule has 0 saturated carbocycles. The molecule has 1 fully saturated rings. The number of nitrogens with zero attached hydrogens (tertiary/aromatic N) is 2. The standard InChI is InChI=1S/C18H22N4O4S/c1-11-16(12(2)22(21-11)15-7-8-27(25,26)10-15)9-17(23)20-14-5-3-13(4-6-14)18(19)24/h3-6,15H,7-10H2,1-2H3,(H2,19,24)(H,20,23). The number of rotatable bonds is 5. The molecule has 2 heterocycles. The molecular formula is C18H22N4O4S. The molecule has 144 valence electrons. The maximum absolute atomic E-state index is 12.4. The smallest absolute Gasteiger partial charge is 0.248 e. The second-order valence-corrected chi connectivity index (χ2v) is 9.05. The Labute approximate surface area is 157 Å². The summed E-state index contributed by atoms with van der Waals surface area (Å²) in [5.74, 6) is -0.480. The van der Waals surface area contributed by atoms with Gasteiger partial charge in [0.1, 0.15) is 0 Å². The van der Waals surface area contributed by atoms with Gasteiger partial charge in [0.2, 0.25) is 11.8 Å². The van der Waals surface area contributed by atoms with Gasteiger partial charge in [0.05, 0.1) is 29.7 Å². The Morgan fingerprint density at radius 3 is 2.48 bits per heavy atom. The number of amides is 2. The van der Waals surface area contributed by atoms with Crippen LogP contribution in [-0.4, -0.2) is 41.5 Å². The summed E-state index contributed by atoms with van der Waals surface area (Å²) in [6, 6.07) is 6.15. The van der Waals surface area contributed by atoms with Crippen molar-refractivity contribution < 1.29 is 18.0 Å². The van der Waals surface area contributed by atoms with Gasteiger partial charge in [-0.3, -0.25) is 14.3 Å². The number of carbonyl (C=O) groups is 2. The van der Waals surface area contributed by atoms with Crippen LogP contribution in [0.4, 0.5) is 5.69 Å². The third kappa shape index (κ3) is 4.19. The number of hydrogen-bond donors (Lipinski definition) is 2. The molecule has 0 bridgehead atoms. The van der Waals surface area contributed by atoms with Crippen molar-refractivity contribution in [3.05, 3.63) is 46.8 Å². The Morgan fingerprint density at radius 1 is 1.26 bits per heavy atom. The van der Waals surface area contributed by atoms with Crippen molar-refractivity contribution in [2.24, 2.45) is 5.73 Å². The topological polar surface area (TPSA) is 124 Å². The molecule has 1 aromatic carbocycles. The van der Waals surface area contributed by atoms with Gasteiger partial charge in [-0.05, 0) is 44.5 Å². The second-order valence-electron chi connectivity index (χ2n) is 6.82. The normalized spacial score (nSPS) is 18.4. The summed E-state index contributed by atoms with van der Waals surface area (Å²) in [6.45, 7) is 3.67. The summed E-state index contributed by atoms with van der Waals surface area (Å²) >= 11 is 0. The minimum atomic E-state index is -3.01. The zero-order chi connectivity index (χ0) is 19.8. The third-order valence-corrected chi connectivity index (χ3v) is 6.57. The molecule has 1 saturated heterocycles. The van der Waals surface area contributed by atoms with Gasteiger partial charge < -0.3 is 11.1 Å². The van der Waals surface area contributed by atoms with Crippen LogP contribution in [0.3, 0.4) is 0 Å². The molecule has 2 amide bonds. The number of aryl methyl sites for hydroxylation is 1. The molecule has 1 aliphatic rings. The van der Waals surface area contributed by atoms with Crippen LogP contribution in [0.15, 0.2) is 24.3 Å². The SMILES string of the molecule is Cc1nn(C2CCS(=O)(=O)C2)c(C)c1CC(=O)Nc1ccc(C(N)=O)cc1. The van der Waals surface area contributed by atoms with Crippen LogP contribution in [0, 0.1) is 13.8 Å². The minimum absolute atomic E-state index is 0.0901. The van der Waals surface area contributed by atoms with Crippen LogP contribution < -0.4 is 11.1 Å². The number of nitrogens with two attached hydrogens (primary N) is 1. The summed E-state index contributed by atoms with van der Waals surface area (Å²) in [4.78, 5) is 23.5. The fraction of sp³-hybridized carbons (Fsp3) is 0.389. The fourth-order valence-corrected chi connectivity index (χ4v) is 5.05. The van der Waals surface area contributed by atoms with Gasteiger partial charge in [-0.15, -0.1) is 0 Å². The lowest BCUT2D eigenvalue weighted by Crippen LogP contribution is -2.17. The van der Waals surface area contributed by atoms with Crippen molar-refractivity contribution >= 4 is 27.3 Å². The molecule has 3 rings (SSSR count). The minimum Gasteiger partial charge on any atom is -0.366 e. The number of sulfone groups is 1. The van der Waals surface area contributed by atoms with Crippen LogP contribution in [0.1, 0.15) is 39.8 Å². The van der Waals surface area contributed by atoms with E-state index in [1.165, 1.54) is 0 Å². The second kappa shape index (κ2) is 7.15. The van der Waals surface area contributed by atoms with E-state index in [9.17, 15) is 18.0 Å². The van der Waals surface area contributed by atoms with Gasteiger partial charge in [-0.2, -0.15) is 5.10 Å². The van der Waals surface area contributed by atoms with Crippen LogP contribution in [0.5, 0.6) is 0 Å². The van der Waals surface area contributed by atoms with Crippen molar-refractivity contribution in [2.45, 2.75) is 32.7 Å². The van der Waals surface area contributed by atoms with Gasteiger partial charge in [-0.1, -0.05) is 0 Å². The Hall–Kier alpha value is -2.68. The quantitative estimate of drug-likeness (QED) is 0.792. The van der Waals surface area contributed by atoms with Crippen LogP contribution in [-0.2, 0) is 21.1 Å². The Morgan fingerprint density at radius 2 is 1.93 bits per heavy atom. The van der Waals surface area contributed by atoms with Gasteiger partial charge in [-0.25, -0.2) is 8.42 Å². The van der Waals surface area contributed by atoms with E-state index in [0.717, 1.165) is 17.0 Å². The van der Waals surface area contributed by atoms with Crippen molar-refractivity contribution in [3.8, 4) is 0 Å². The third-order valence-electron chi connectivity index (χ3n) is 4.82. The summed E-state index contributed by atoms with van der Waals surface area (Å²) in [6.07, 6.45) is 0.677. The first-order chi connectivity index (χ1) is 12.7. The zero-order valence-electron chi connectivity index (χ0n) is 15.2. The highest BCUT2D eigenvalue weighted by molar-refractivity contribution is 7.91. The largest absolute Gasteiger partial charge is 0.366 e. The summed E-state index contributed by atoms with van der Waals surface area (Å²) < 4.78 is 25.2. The van der Waals surface area contributed by atoms with E-state index in [0.29, 0.717) is 17.7 Å². The first-order valence-corrected chi connectivity index (χ1v) is 10.4. The predicted octanol–water partition coefficient (Wildman–Crippen LogP) is 1.14. The zero-order valence-corrected chi connectivity index (χ0v) is 16.0. The number of anilines is 1. The van der Waals surface area contributed by atoms with E-state index in [4.69, 9.17) is 5.73 Å². The maximum Gasteiger partial charge on any atom is 0.248 e. The lowest BCUT2D eigenvalue weighted by Gasteiger charge is -2.11. The summed E-state index contributed by atoms with van der Waals surface area (Å²) in [5, 5.41) is 7.25. The molecule has 2 aromatic rings. The first-order valence-electron chi connectivity index (χ1n) is 8.61. The number of hydrogen-bond acceptors (Lipinski definition) is 5. The molecule has 1 aliphatic heterocycles. The molecule has 8 nitrogen and oxygen atoms in total. The van der Waals surface area contributed by atoms with Crippen LogP contribution in [0.25, 0.3) is 0 Å². The number of nitrogens with one attached hydrogen (secondary N) is 1. The monoisotopic (exact) mass is 390 g/mol. The van der Waals surface area contributed by atoms with Crippen molar-refractivity contribution in [2.75, 3.05) is 16.8 Å². The van der Waals surface area contributed by atoms with E-state index in [-0.39, 0.29) is 29.9 Å². The fourth-order valence-electron chi connectivity index (χ4n) is 3.36. The van der Waals surface area contributed by atoms with E-state index in [1.807, 2.05) is 13.8 Å². The number of carbonyl (C=O) groups excluding carboxylic acids is 2. The maximum atomic E-state index is 12.4. The molecule has 0 aliphatic carbocycles. The van der Waals surface area contributed by atoms with Crippen LogP contribution in [0.2, 0.25) is 0 Å².